The highest BCUT2D eigenvalue weighted by Crippen LogP contribution is 2.14. The van der Waals surface area contributed by atoms with Gasteiger partial charge in [-0.1, -0.05) is 0 Å². The lowest BCUT2D eigenvalue weighted by Crippen LogP contribution is -2.31. The van der Waals surface area contributed by atoms with Crippen LogP contribution in [0.2, 0.25) is 0 Å². The molecule has 2 amide bonds. The molecule has 0 N–H and O–H groups in total. The molecule has 0 spiro atoms. The van der Waals surface area contributed by atoms with Crippen molar-refractivity contribution in [3.63, 3.8) is 0 Å². The van der Waals surface area contributed by atoms with Gasteiger partial charge in [-0.15, -0.1) is 0 Å². The summed E-state index contributed by atoms with van der Waals surface area (Å²) in [5.74, 6) is -0.874. The Hall–Kier alpha value is -1.71. The molecule has 0 atom stereocenters. The number of hydrogen-bond acceptors (Lipinski definition) is 2. The number of amides is 2. The minimum atomic E-state index is -0.390. The monoisotopic (exact) mass is 207 g/mol. The minimum absolute atomic E-state index is 0.149. The molecule has 1 aliphatic heterocycles. The average Bonchev–Trinajstić information content (AvgIpc) is 2.65. The van der Waals surface area contributed by atoms with Gasteiger partial charge in [-0.25, -0.2) is 4.39 Å². The van der Waals surface area contributed by atoms with Crippen molar-refractivity contribution in [3.8, 4) is 0 Å². The molecular weight excluding hydrogens is 197 g/mol. The Kier molecular flexibility index (Phi) is 2.49. The lowest BCUT2D eigenvalue weighted by atomic mass is 10.2. The van der Waals surface area contributed by atoms with Gasteiger partial charge < -0.3 is 0 Å². The number of nitrogens with zero attached hydrogens (tertiary/aromatic N) is 1. The number of carbonyl (C=O) groups excluding carboxylic acids is 2. The van der Waals surface area contributed by atoms with E-state index in [1.54, 1.807) is 0 Å². The van der Waals surface area contributed by atoms with E-state index < -0.39 is 0 Å². The van der Waals surface area contributed by atoms with Crippen molar-refractivity contribution in [1.82, 2.24) is 4.90 Å². The fourth-order valence-electron chi connectivity index (χ4n) is 1.61. The van der Waals surface area contributed by atoms with E-state index in [0.717, 1.165) is 0 Å². The van der Waals surface area contributed by atoms with Gasteiger partial charge in [0.15, 0.2) is 0 Å². The van der Waals surface area contributed by atoms with E-state index in [2.05, 4.69) is 0 Å². The molecule has 3 nitrogen and oxygen atoms in total. The summed E-state index contributed by atoms with van der Waals surface area (Å²) in [4.78, 5) is 24.3. The highest BCUT2D eigenvalue weighted by Gasteiger charge is 2.26. The lowest BCUT2D eigenvalue weighted by molar-refractivity contribution is -0.125. The maximum atomic E-state index is 12.6. The first-order valence-corrected chi connectivity index (χ1v) is 4.79. The summed E-state index contributed by atoms with van der Waals surface area (Å²) < 4.78 is 12.6. The molecule has 0 unspecified atom stereocenters. The van der Waals surface area contributed by atoms with E-state index in [9.17, 15) is 14.0 Å². The Morgan fingerprint density at radius 2 is 1.93 bits per heavy atom. The Morgan fingerprint density at radius 1 is 1.27 bits per heavy atom. The summed E-state index contributed by atoms with van der Waals surface area (Å²) >= 11 is 0. The highest BCUT2D eigenvalue weighted by molar-refractivity contribution is 6.05. The van der Waals surface area contributed by atoms with Crippen LogP contribution >= 0.6 is 0 Å². The topological polar surface area (TPSA) is 37.4 Å². The number of halogens is 1. The van der Waals surface area contributed by atoms with Gasteiger partial charge in [-0.2, -0.15) is 0 Å². The third-order valence-electron chi connectivity index (χ3n) is 2.41. The summed E-state index contributed by atoms with van der Waals surface area (Å²) in [6.45, 7) is 0.467. The molecule has 2 rings (SSSR count). The molecule has 1 heterocycles. The van der Waals surface area contributed by atoms with Crippen LogP contribution in [-0.4, -0.2) is 23.3 Å². The van der Waals surface area contributed by atoms with E-state index in [1.165, 1.54) is 29.2 Å². The van der Waals surface area contributed by atoms with Gasteiger partial charge in [0.1, 0.15) is 5.82 Å². The molecule has 0 aromatic heterocycles. The third kappa shape index (κ3) is 1.88. The minimum Gasteiger partial charge on any atom is -0.279 e. The van der Waals surface area contributed by atoms with Crippen molar-refractivity contribution < 1.29 is 14.0 Å². The van der Waals surface area contributed by atoms with Gasteiger partial charge in [0.2, 0.25) is 5.91 Å². The highest BCUT2D eigenvalue weighted by atomic mass is 19.1. The van der Waals surface area contributed by atoms with Crippen molar-refractivity contribution in [2.45, 2.75) is 12.8 Å². The van der Waals surface area contributed by atoms with Crippen LogP contribution < -0.4 is 0 Å². The summed E-state index contributed by atoms with van der Waals surface area (Å²) in [6, 6.07) is 5.22. The van der Waals surface area contributed by atoms with Crippen LogP contribution in [0.4, 0.5) is 4.39 Å². The van der Waals surface area contributed by atoms with Crippen LogP contribution in [0.5, 0.6) is 0 Å². The van der Waals surface area contributed by atoms with Gasteiger partial charge >= 0.3 is 0 Å². The standard InChI is InChI=1S/C11H10FNO2/c12-9-5-3-8(4-6-9)11(15)13-7-1-2-10(13)14/h3-6H,1-2,7H2. The average molecular weight is 207 g/mol. The van der Waals surface area contributed by atoms with Gasteiger partial charge in [0, 0.05) is 18.5 Å². The molecule has 1 aliphatic rings. The molecular formula is C11H10FNO2. The predicted octanol–water partition coefficient (Wildman–Crippen LogP) is 1.59. The fourth-order valence-corrected chi connectivity index (χ4v) is 1.61. The second-order valence-corrected chi connectivity index (χ2v) is 3.46. The van der Waals surface area contributed by atoms with Crippen LogP contribution in [0.3, 0.4) is 0 Å². The fraction of sp³-hybridized carbons (Fsp3) is 0.273. The zero-order valence-electron chi connectivity index (χ0n) is 8.07. The molecule has 1 saturated heterocycles. The third-order valence-corrected chi connectivity index (χ3v) is 2.41. The summed E-state index contributed by atoms with van der Waals surface area (Å²) in [5, 5.41) is 0. The molecule has 1 fully saturated rings. The van der Waals surface area contributed by atoms with Crippen molar-refractivity contribution in [3.05, 3.63) is 35.6 Å². The maximum Gasteiger partial charge on any atom is 0.260 e. The summed E-state index contributed by atoms with van der Waals surface area (Å²) in [7, 11) is 0. The number of hydrogen-bond donors (Lipinski definition) is 0. The number of imide groups is 1. The molecule has 0 radical (unpaired) electrons. The predicted molar refractivity (Wildman–Crippen MR) is 51.7 cm³/mol. The second kappa shape index (κ2) is 3.81. The van der Waals surface area contributed by atoms with Crippen LogP contribution in [0.15, 0.2) is 24.3 Å². The van der Waals surface area contributed by atoms with Crippen LogP contribution in [0.1, 0.15) is 23.2 Å². The second-order valence-electron chi connectivity index (χ2n) is 3.46. The maximum absolute atomic E-state index is 12.6. The Bertz CT molecular complexity index is 400. The van der Waals surface area contributed by atoms with Crippen LogP contribution in [0, 0.1) is 5.82 Å². The van der Waals surface area contributed by atoms with E-state index in [1.807, 2.05) is 0 Å². The van der Waals surface area contributed by atoms with Gasteiger partial charge in [-0.05, 0) is 30.7 Å². The quantitative estimate of drug-likeness (QED) is 0.656. The van der Waals surface area contributed by atoms with Crippen molar-refractivity contribution in [2.24, 2.45) is 0 Å². The molecule has 0 saturated carbocycles. The molecule has 4 heteroatoms. The summed E-state index contributed by atoms with van der Waals surface area (Å²) in [5.41, 5.74) is 0.353. The van der Waals surface area contributed by atoms with Gasteiger partial charge in [-0.3, -0.25) is 14.5 Å². The van der Waals surface area contributed by atoms with E-state index in [-0.39, 0.29) is 17.6 Å². The zero-order chi connectivity index (χ0) is 10.8. The number of carbonyl (C=O) groups is 2. The SMILES string of the molecule is O=C1CCCN1C(=O)c1ccc(F)cc1. The van der Waals surface area contributed by atoms with Crippen LogP contribution in [0.25, 0.3) is 0 Å². The summed E-state index contributed by atoms with van der Waals surface area (Å²) in [6.07, 6.45) is 1.14. The first kappa shape index (κ1) is 9.83. The first-order chi connectivity index (χ1) is 7.18. The van der Waals surface area contributed by atoms with Crippen LogP contribution in [-0.2, 0) is 4.79 Å². The Morgan fingerprint density at radius 3 is 2.47 bits per heavy atom. The lowest BCUT2D eigenvalue weighted by Gasteiger charge is -2.12. The normalized spacial score (nSPS) is 15.8. The largest absolute Gasteiger partial charge is 0.279 e. The van der Waals surface area contributed by atoms with E-state index in [4.69, 9.17) is 0 Å². The molecule has 1 aromatic rings. The number of rotatable bonds is 1. The molecule has 78 valence electrons. The van der Waals surface area contributed by atoms with Crippen molar-refractivity contribution in [2.75, 3.05) is 6.54 Å². The van der Waals surface area contributed by atoms with E-state index in [0.29, 0.717) is 24.9 Å². The molecule has 15 heavy (non-hydrogen) atoms. The smallest absolute Gasteiger partial charge is 0.260 e. The molecule has 0 aliphatic carbocycles. The van der Waals surface area contributed by atoms with E-state index >= 15 is 0 Å². The van der Waals surface area contributed by atoms with Gasteiger partial charge in [0.25, 0.3) is 5.91 Å². The molecule has 1 aromatic carbocycles. The van der Waals surface area contributed by atoms with Gasteiger partial charge in [0.05, 0.1) is 0 Å². The Labute approximate surface area is 86.5 Å². The number of benzene rings is 1. The van der Waals surface area contributed by atoms with Crippen molar-refractivity contribution in [1.29, 1.82) is 0 Å². The first-order valence-electron chi connectivity index (χ1n) is 4.79. The molecule has 0 bridgehead atoms. The number of likely N-dealkylation sites (tertiary alicyclic amines) is 1. The Balaban J connectivity index is 2.20. The van der Waals surface area contributed by atoms with Crippen molar-refractivity contribution >= 4 is 11.8 Å². The zero-order valence-corrected chi connectivity index (χ0v) is 8.07.